The third-order valence-corrected chi connectivity index (χ3v) is 2.73. The molecule has 0 saturated heterocycles. The molecule has 0 aromatic heterocycles. The van der Waals surface area contributed by atoms with Crippen LogP contribution in [-0.4, -0.2) is 47.8 Å². The Balaban J connectivity index is 4.80. The van der Waals surface area contributed by atoms with Gasteiger partial charge in [-0.25, -0.2) is 4.79 Å². The molecule has 2 atom stereocenters. The molecule has 0 heterocycles. The highest BCUT2D eigenvalue weighted by atomic mass is 16.6. The maximum absolute atomic E-state index is 12.2. The standard InChI is InChI=1S/C16H27NO6/c1-6-8-11(9-13(19)23-16(3,4)5)14(20)17-12(10-18)15(21)22-7-2/h6,11-12,18H,1,7-10H2,2-5H3,(H,17,20)/t11-,12-/m1/s1. The molecule has 0 aliphatic heterocycles. The van der Waals surface area contributed by atoms with Crippen molar-refractivity contribution < 1.29 is 29.0 Å². The van der Waals surface area contributed by atoms with Crippen LogP contribution in [0.15, 0.2) is 12.7 Å². The molecule has 0 aliphatic carbocycles. The maximum Gasteiger partial charge on any atom is 0.331 e. The van der Waals surface area contributed by atoms with Crippen molar-refractivity contribution in [2.75, 3.05) is 13.2 Å². The molecule has 0 aromatic rings. The van der Waals surface area contributed by atoms with Crippen molar-refractivity contribution in [3.8, 4) is 0 Å². The minimum absolute atomic E-state index is 0.138. The van der Waals surface area contributed by atoms with E-state index in [2.05, 4.69) is 11.9 Å². The number of carbonyl (C=O) groups excluding carboxylic acids is 3. The summed E-state index contributed by atoms with van der Waals surface area (Å²) >= 11 is 0. The number of aliphatic hydroxyl groups excluding tert-OH is 1. The Bertz CT molecular complexity index is 427. The van der Waals surface area contributed by atoms with Gasteiger partial charge in [-0.3, -0.25) is 9.59 Å². The highest BCUT2D eigenvalue weighted by molar-refractivity contribution is 5.88. The van der Waals surface area contributed by atoms with Crippen LogP contribution in [0.3, 0.4) is 0 Å². The fraction of sp³-hybridized carbons (Fsp3) is 0.688. The minimum atomic E-state index is -1.16. The van der Waals surface area contributed by atoms with E-state index >= 15 is 0 Å². The SMILES string of the molecule is C=CC[C@H](CC(=O)OC(C)(C)C)C(=O)N[C@H](CO)C(=O)OCC. The minimum Gasteiger partial charge on any atom is -0.464 e. The highest BCUT2D eigenvalue weighted by Crippen LogP contribution is 2.15. The Labute approximate surface area is 137 Å². The number of amides is 1. The van der Waals surface area contributed by atoms with E-state index in [1.165, 1.54) is 6.08 Å². The lowest BCUT2D eigenvalue weighted by molar-refractivity contribution is -0.157. The van der Waals surface area contributed by atoms with E-state index in [-0.39, 0.29) is 19.4 Å². The summed E-state index contributed by atoms with van der Waals surface area (Å²) in [4.78, 5) is 35.7. The van der Waals surface area contributed by atoms with Crippen LogP contribution >= 0.6 is 0 Å². The van der Waals surface area contributed by atoms with Crippen molar-refractivity contribution in [2.24, 2.45) is 5.92 Å². The summed E-state index contributed by atoms with van der Waals surface area (Å²) in [6.45, 7) is 9.93. The molecule has 2 N–H and O–H groups in total. The van der Waals surface area contributed by atoms with Crippen LogP contribution in [0.5, 0.6) is 0 Å². The molecule has 7 heteroatoms. The molecular weight excluding hydrogens is 302 g/mol. The Kier molecular flexibility index (Phi) is 9.17. The van der Waals surface area contributed by atoms with Crippen molar-refractivity contribution >= 4 is 17.8 Å². The van der Waals surface area contributed by atoms with Crippen LogP contribution in [0.2, 0.25) is 0 Å². The number of nitrogens with one attached hydrogen (secondary N) is 1. The van der Waals surface area contributed by atoms with Gasteiger partial charge in [0.1, 0.15) is 5.60 Å². The fourth-order valence-corrected chi connectivity index (χ4v) is 1.78. The Morgan fingerprint density at radius 1 is 1.30 bits per heavy atom. The second kappa shape index (κ2) is 9.99. The zero-order valence-electron chi connectivity index (χ0n) is 14.3. The monoisotopic (exact) mass is 329 g/mol. The van der Waals surface area contributed by atoms with Gasteiger partial charge >= 0.3 is 11.9 Å². The Hall–Kier alpha value is -1.89. The lowest BCUT2D eigenvalue weighted by atomic mass is 9.99. The van der Waals surface area contributed by atoms with Crippen LogP contribution in [0, 0.1) is 5.92 Å². The third kappa shape index (κ3) is 8.97. The van der Waals surface area contributed by atoms with Crippen molar-refractivity contribution in [1.29, 1.82) is 0 Å². The smallest absolute Gasteiger partial charge is 0.331 e. The van der Waals surface area contributed by atoms with Gasteiger partial charge in [-0.2, -0.15) is 0 Å². The summed E-state index contributed by atoms with van der Waals surface area (Å²) in [5, 5.41) is 11.6. The number of ether oxygens (including phenoxy) is 2. The molecule has 0 radical (unpaired) electrons. The molecule has 0 fully saturated rings. The van der Waals surface area contributed by atoms with Gasteiger partial charge in [0, 0.05) is 0 Å². The van der Waals surface area contributed by atoms with E-state index in [4.69, 9.17) is 9.47 Å². The molecule has 0 aliphatic rings. The third-order valence-electron chi connectivity index (χ3n) is 2.73. The second-order valence-corrected chi connectivity index (χ2v) is 6.01. The lowest BCUT2D eigenvalue weighted by Gasteiger charge is -2.22. The Morgan fingerprint density at radius 3 is 2.35 bits per heavy atom. The molecule has 0 spiro atoms. The van der Waals surface area contributed by atoms with Crippen molar-refractivity contribution in [2.45, 2.75) is 52.2 Å². The molecule has 0 bridgehead atoms. The van der Waals surface area contributed by atoms with E-state index in [0.29, 0.717) is 0 Å². The molecular formula is C16H27NO6. The molecule has 0 rings (SSSR count). The van der Waals surface area contributed by atoms with Crippen LogP contribution in [0.25, 0.3) is 0 Å². The van der Waals surface area contributed by atoms with E-state index in [1.807, 2.05) is 0 Å². The molecule has 1 amide bonds. The maximum atomic E-state index is 12.2. The Morgan fingerprint density at radius 2 is 1.91 bits per heavy atom. The van der Waals surface area contributed by atoms with Gasteiger partial charge < -0.3 is 19.9 Å². The highest BCUT2D eigenvalue weighted by Gasteiger charge is 2.28. The van der Waals surface area contributed by atoms with Gasteiger partial charge in [-0.1, -0.05) is 6.08 Å². The van der Waals surface area contributed by atoms with Crippen LogP contribution < -0.4 is 5.32 Å². The van der Waals surface area contributed by atoms with E-state index < -0.39 is 42.0 Å². The van der Waals surface area contributed by atoms with Gasteiger partial charge in [-0.05, 0) is 34.1 Å². The first-order valence-corrected chi connectivity index (χ1v) is 7.55. The number of aliphatic hydroxyl groups is 1. The topological polar surface area (TPSA) is 102 Å². The normalized spacial score (nSPS) is 13.6. The number of hydrogen-bond acceptors (Lipinski definition) is 6. The first kappa shape index (κ1) is 21.1. The fourth-order valence-electron chi connectivity index (χ4n) is 1.78. The lowest BCUT2D eigenvalue weighted by Crippen LogP contribution is -2.47. The summed E-state index contributed by atoms with van der Waals surface area (Å²) in [6.07, 6.45) is 1.61. The number of rotatable bonds is 9. The molecule has 132 valence electrons. The van der Waals surface area contributed by atoms with Gasteiger partial charge in [0.2, 0.25) is 5.91 Å². The largest absolute Gasteiger partial charge is 0.464 e. The van der Waals surface area contributed by atoms with Gasteiger partial charge in [0.25, 0.3) is 0 Å². The van der Waals surface area contributed by atoms with E-state index in [9.17, 15) is 19.5 Å². The zero-order valence-corrected chi connectivity index (χ0v) is 14.3. The van der Waals surface area contributed by atoms with Crippen LogP contribution in [-0.2, 0) is 23.9 Å². The number of carbonyl (C=O) groups is 3. The average molecular weight is 329 g/mol. The molecule has 0 unspecified atom stereocenters. The average Bonchev–Trinajstić information content (AvgIpc) is 2.42. The predicted molar refractivity (Wildman–Crippen MR) is 84.4 cm³/mol. The summed E-state index contributed by atoms with van der Waals surface area (Å²) in [5.74, 6) is -2.51. The van der Waals surface area contributed by atoms with Crippen LogP contribution in [0.1, 0.15) is 40.5 Å². The van der Waals surface area contributed by atoms with Crippen molar-refractivity contribution in [3.05, 3.63) is 12.7 Å². The first-order valence-electron chi connectivity index (χ1n) is 7.55. The van der Waals surface area contributed by atoms with Gasteiger partial charge in [0.15, 0.2) is 6.04 Å². The quantitative estimate of drug-likeness (QED) is 0.482. The molecule has 7 nitrogen and oxygen atoms in total. The molecule has 0 saturated carbocycles. The number of allylic oxidation sites excluding steroid dienone is 1. The zero-order chi connectivity index (χ0) is 18.0. The number of hydrogen-bond donors (Lipinski definition) is 2. The first-order chi connectivity index (χ1) is 10.6. The van der Waals surface area contributed by atoms with Crippen LogP contribution in [0.4, 0.5) is 0 Å². The van der Waals surface area contributed by atoms with E-state index in [1.54, 1.807) is 27.7 Å². The van der Waals surface area contributed by atoms with E-state index in [0.717, 1.165) is 0 Å². The summed E-state index contributed by atoms with van der Waals surface area (Å²) < 4.78 is 9.94. The molecule has 23 heavy (non-hydrogen) atoms. The summed E-state index contributed by atoms with van der Waals surface area (Å²) in [7, 11) is 0. The van der Waals surface area contributed by atoms with Gasteiger partial charge in [0.05, 0.1) is 25.6 Å². The van der Waals surface area contributed by atoms with Crippen molar-refractivity contribution in [3.63, 3.8) is 0 Å². The number of esters is 2. The van der Waals surface area contributed by atoms with Gasteiger partial charge in [-0.15, -0.1) is 6.58 Å². The summed E-state index contributed by atoms with van der Waals surface area (Å²) in [5.41, 5.74) is -0.648. The molecule has 0 aromatic carbocycles. The van der Waals surface area contributed by atoms with Crippen molar-refractivity contribution in [1.82, 2.24) is 5.32 Å². The summed E-state index contributed by atoms with van der Waals surface area (Å²) in [6, 6.07) is -1.16. The predicted octanol–water partition coefficient (Wildman–Crippen LogP) is 0.951. The second-order valence-electron chi connectivity index (χ2n) is 6.01.